The molecular formula is C13H14F2N2. The zero-order valence-corrected chi connectivity index (χ0v) is 10.1. The summed E-state index contributed by atoms with van der Waals surface area (Å²) in [5.74, 6) is -1.06. The molecule has 90 valence electrons. The van der Waals surface area contributed by atoms with Crippen LogP contribution in [0.15, 0.2) is 18.2 Å². The molecule has 0 amide bonds. The van der Waals surface area contributed by atoms with E-state index in [1.807, 2.05) is 20.8 Å². The maximum atomic E-state index is 13.5. The SMILES string of the molecule is Cc1nn(Cc2c(F)cccc2F)c(C)c1C. The third-order valence-electron chi connectivity index (χ3n) is 3.11. The second-order valence-electron chi connectivity index (χ2n) is 4.15. The summed E-state index contributed by atoms with van der Waals surface area (Å²) in [6, 6.07) is 3.88. The van der Waals surface area contributed by atoms with Crippen LogP contribution in [0.4, 0.5) is 8.78 Å². The highest BCUT2D eigenvalue weighted by molar-refractivity contribution is 5.25. The largest absolute Gasteiger partial charge is 0.265 e. The van der Waals surface area contributed by atoms with Crippen LogP contribution >= 0.6 is 0 Å². The van der Waals surface area contributed by atoms with Crippen molar-refractivity contribution in [1.29, 1.82) is 0 Å². The van der Waals surface area contributed by atoms with E-state index >= 15 is 0 Å². The van der Waals surface area contributed by atoms with Crippen molar-refractivity contribution in [2.75, 3.05) is 0 Å². The lowest BCUT2D eigenvalue weighted by molar-refractivity contribution is 0.528. The van der Waals surface area contributed by atoms with Crippen LogP contribution in [0.3, 0.4) is 0 Å². The van der Waals surface area contributed by atoms with Crippen molar-refractivity contribution >= 4 is 0 Å². The lowest BCUT2D eigenvalue weighted by Crippen LogP contribution is -2.08. The van der Waals surface area contributed by atoms with Crippen molar-refractivity contribution in [3.05, 3.63) is 52.3 Å². The quantitative estimate of drug-likeness (QED) is 0.783. The molecule has 2 rings (SSSR count). The number of aromatic nitrogens is 2. The molecule has 0 saturated heterocycles. The topological polar surface area (TPSA) is 17.8 Å². The van der Waals surface area contributed by atoms with E-state index < -0.39 is 11.6 Å². The van der Waals surface area contributed by atoms with Gasteiger partial charge in [0.1, 0.15) is 11.6 Å². The summed E-state index contributed by atoms with van der Waals surface area (Å²) < 4.78 is 28.6. The Hall–Kier alpha value is -1.71. The minimum atomic E-state index is -0.532. The number of aryl methyl sites for hydroxylation is 1. The Morgan fingerprint density at radius 1 is 1.12 bits per heavy atom. The normalized spacial score (nSPS) is 10.9. The molecule has 0 radical (unpaired) electrons. The van der Waals surface area contributed by atoms with Gasteiger partial charge in [0.15, 0.2) is 0 Å². The number of hydrogen-bond donors (Lipinski definition) is 0. The van der Waals surface area contributed by atoms with Gasteiger partial charge in [0, 0.05) is 11.3 Å². The lowest BCUT2D eigenvalue weighted by Gasteiger charge is -2.07. The Morgan fingerprint density at radius 2 is 1.71 bits per heavy atom. The van der Waals surface area contributed by atoms with E-state index in [9.17, 15) is 8.78 Å². The number of nitrogens with zero attached hydrogens (tertiary/aromatic N) is 2. The predicted molar refractivity (Wildman–Crippen MR) is 61.9 cm³/mol. The van der Waals surface area contributed by atoms with Gasteiger partial charge in [-0.2, -0.15) is 5.10 Å². The van der Waals surface area contributed by atoms with Gasteiger partial charge >= 0.3 is 0 Å². The summed E-state index contributed by atoms with van der Waals surface area (Å²) in [7, 11) is 0. The molecule has 0 saturated carbocycles. The van der Waals surface area contributed by atoms with E-state index in [1.54, 1.807) is 4.68 Å². The molecule has 0 aliphatic rings. The number of hydrogen-bond acceptors (Lipinski definition) is 1. The van der Waals surface area contributed by atoms with Gasteiger partial charge < -0.3 is 0 Å². The van der Waals surface area contributed by atoms with Crippen molar-refractivity contribution in [2.45, 2.75) is 27.3 Å². The third-order valence-corrected chi connectivity index (χ3v) is 3.11. The second kappa shape index (κ2) is 4.28. The monoisotopic (exact) mass is 236 g/mol. The van der Waals surface area contributed by atoms with E-state index in [2.05, 4.69) is 5.10 Å². The van der Waals surface area contributed by atoms with E-state index in [0.29, 0.717) is 0 Å². The maximum absolute atomic E-state index is 13.5. The van der Waals surface area contributed by atoms with E-state index in [1.165, 1.54) is 18.2 Å². The van der Waals surface area contributed by atoms with Crippen LogP contribution in [0.1, 0.15) is 22.5 Å². The first-order valence-electron chi connectivity index (χ1n) is 5.44. The van der Waals surface area contributed by atoms with Gasteiger partial charge in [0.05, 0.1) is 12.2 Å². The van der Waals surface area contributed by atoms with E-state index in [-0.39, 0.29) is 12.1 Å². The van der Waals surface area contributed by atoms with Gasteiger partial charge in [-0.3, -0.25) is 4.68 Å². The molecular weight excluding hydrogens is 222 g/mol. The Morgan fingerprint density at radius 3 is 2.18 bits per heavy atom. The molecule has 0 aliphatic carbocycles. The maximum Gasteiger partial charge on any atom is 0.131 e. The Balaban J connectivity index is 2.41. The van der Waals surface area contributed by atoms with Crippen molar-refractivity contribution in [3.63, 3.8) is 0 Å². The molecule has 2 aromatic rings. The summed E-state index contributed by atoms with van der Waals surface area (Å²) in [6.07, 6.45) is 0. The fraction of sp³-hybridized carbons (Fsp3) is 0.308. The van der Waals surface area contributed by atoms with Crippen LogP contribution in [-0.2, 0) is 6.54 Å². The zero-order valence-electron chi connectivity index (χ0n) is 10.1. The smallest absolute Gasteiger partial charge is 0.131 e. The van der Waals surface area contributed by atoms with Crippen LogP contribution in [0.25, 0.3) is 0 Å². The Kier molecular flexibility index (Phi) is 2.96. The Bertz CT molecular complexity index is 539. The molecule has 0 aliphatic heterocycles. The number of benzene rings is 1. The summed E-state index contributed by atoms with van der Waals surface area (Å²) >= 11 is 0. The average molecular weight is 236 g/mol. The molecule has 4 heteroatoms. The molecule has 0 fully saturated rings. The van der Waals surface area contributed by atoms with Gasteiger partial charge in [0.25, 0.3) is 0 Å². The molecule has 17 heavy (non-hydrogen) atoms. The van der Waals surface area contributed by atoms with E-state index in [4.69, 9.17) is 0 Å². The minimum absolute atomic E-state index is 0.0538. The highest BCUT2D eigenvalue weighted by Gasteiger charge is 2.13. The van der Waals surface area contributed by atoms with Crippen molar-refractivity contribution in [1.82, 2.24) is 9.78 Å². The molecule has 1 heterocycles. The fourth-order valence-corrected chi connectivity index (χ4v) is 1.77. The molecule has 0 atom stereocenters. The van der Waals surface area contributed by atoms with Crippen LogP contribution in [0.5, 0.6) is 0 Å². The van der Waals surface area contributed by atoms with Gasteiger partial charge in [-0.15, -0.1) is 0 Å². The summed E-state index contributed by atoms with van der Waals surface area (Å²) in [4.78, 5) is 0. The summed E-state index contributed by atoms with van der Waals surface area (Å²) in [5, 5.41) is 4.27. The third kappa shape index (κ3) is 2.07. The van der Waals surface area contributed by atoms with Gasteiger partial charge in [-0.05, 0) is 38.5 Å². The van der Waals surface area contributed by atoms with Crippen LogP contribution in [-0.4, -0.2) is 9.78 Å². The lowest BCUT2D eigenvalue weighted by atomic mass is 10.2. The molecule has 0 bridgehead atoms. The van der Waals surface area contributed by atoms with Crippen molar-refractivity contribution in [2.24, 2.45) is 0 Å². The molecule has 1 aromatic carbocycles. The second-order valence-corrected chi connectivity index (χ2v) is 4.15. The average Bonchev–Trinajstić information content (AvgIpc) is 2.52. The van der Waals surface area contributed by atoms with Gasteiger partial charge in [-0.1, -0.05) is 6.07 Å². The van der Waals surface area contributed by atoms with Crippen molar-refractivity contribution < 1.29 is 8.78 Å². The predicted octanol–water partition coefficient (Wildman–Crippen LogP) is 3.13. The summed E-state index contributed by atoms with van der Waals surface area (Å²) in [5.41, 5.74) is 2.93. The molecule has 0 spiro atoms. The first kappa shape index (κ1) is 11.8. The zero-order chi connectivity index (χ0) is 12.6. The van der Waals surface area contributed by atoms with Gasteiger partial charge in [-0.25, -0.2) is 8.78 Å². The first-order valence-corrected chi connectivity index (χ1v) is 5.44. The molecule has 2 nitrogen and oxygen atoms in total. The van der Waals surface area contributed by atoms with Crippen LogP contribution < -0.4 is 0 Å². The van der Waals surface area contributed by atoms with Crippen LogP contribution in [0, 0.1) is 32.4 Å². The Labute approximate surface area is 98.9 Å². The number of rotatable bonds is 2. The number of halogens is 2. The highest BCUT2D eigenvalue weighted by atomic mass is 19.1. The summed E-state index contributed by atoms with van der Waals surface area (Å²) in [6.45, 7) is 5.86. The highest BCUT2D eigenvalue weighted by Crippen LogP contribution is 2.17. The minimum Gasteiger partial charge on any atom is -0.265 e. The fourth-order valence-electron chi connectivity index (χ4n) is 1.77. The first-order chi connectivity index (χ1) is 8.00. The van der Waals surface area contributed by atoms with E-state index in [0.717, 1.165) is 17.0 Å². The van der Waals surface area contributed by atoms with Gasteiger partial charge in [0.2, 0.25) is 0 Å². The molecule has 1 aromatic heterocycles. The molecule has 0 N–H and O–H groups in total. The van der Waals surface area contributed by atoms with Crippen LogP contribution in [0.2, 0.25) is 0 Å². The standard InChI is InChI=1S/C13H14F2N2/c1-8-9(2)16-17(10(8)3)7-11-12(14)5-4-6-13(11)15/h4-6H,7H2,1-3H3. The van der Waals surface area contributed by atoms with Crippen molar-refractivity contribution in [3.8, 4) is 0 Å². The molecule has 0 unspecified atom stereocenters.